The van der Waals surface area contributed by atoms with Crippen molar-refractivity contribution in [2.24, 2.45) is 0 Å². The van der Waals surface area contributed by atoms with Crippen LogP contribution in [0.2, 0.25) is 0 Å². The van der Waals surface area contributed by atoms with E-state index >= 15 is 0 Å². The molecular formula is C13H21NO6. The number of esters is 2. The molecule has 1 N–H and O–H groups in total. The van der Waals surface area contributed by atoms with Crippen molar-refractivity contribution in [2.75, 3.05) is 19.8 Å². The largest absolute Gasteiger partial charge is 0.466 e. The normalized spacial score (nSPS) is 11.1. The van der Waals surface area contributed by atoms with E-state index in [1.54, 1.807) is 13.8 Å². The molecule has 7 nitrogen and oxygen atoms in total. The molecule has 0 bridgehead atoms. The Morgan fingerprint density at radius 3 is 2.35 bits per heavy atom. The predicted molar refractivity (Wildman–Crippen MR) is 71.0 cm³/mol. The summed E-state index contributed by atoms with van der Waals surface area (Å²) in [4.78, 5) is 34.3. The Bertz CT molecular complexity index is 342. The molecule has 7 heteroatoms. The lowest BCUT2D eigenvalue weighted by molar-refractivity contribution is -0.147. The second-order valence-corrected chi connectivity index (χ2v) is 3.68. The average Bonchev–Trinajstić information content (AvgIpc) is 2.41. The summed E-state index contributed by atoms with van der Waals surface area (Å²) in [5.41, 5.74) is 0. The number of ether oxygens (including phenoxy) is 3. The highest BCUT2D eigenvalue weighted by Gasteiger charge is 2.23. The SMILES string of the molecule is C=CCOC(=O)N[C@H](CCC(=O)OCC)C(=O)OCC. The van der Waals surface area contributed by atoms with Crippen LogP contribution in [0.1, 0.15) is 26.7 Å². The van der Waals surface area contributed by atoms with Crippen LogP contribution in [0.4, 0.5) is 4.79 Å². The first-order valence-electron chi connectivity index (χ1n) is 6.41. The lowest BCUT2D eigenvalue weighted by Crippen LogP contribution is -2.42. The highest BCUT2D eigenvalue weighted by Crippen LogP contribution is 2.03. The molecule has 0 fully saturated rings. The van der Waals surface area contributed by atoms with E-state index < -0.39 is 24.1 Å². The number of amides is 1. The fourth-order valence-electron chi connectivity index (χ4n) is 1.31. The lowest BCUT2D eigenvalue weighted by atomic mass is 10.1. The van der Waals surface area contributed by atoms with Gasteiger partial charge < -0.3 is 19.5 Å². The van der Waals surface area contributed by atoms with Crippen LogP contribution in [-0.4, -0.2) is 43.9 Å². The van der Waals surface area contributed by atoms with E-state index in [-0.39, 0.29) is 32.7 Å². The van der Waals surface area contributed by atoms with Gasteiger partial charge in [-0.05, 0) is 20.3 Å². The van der Waals surface area contributed by atoms with Gasteiger partial charge in [0.15, 0.2) is 0 Å². The fraction of sp³-hybridized carbons (Fsp3) is 0.615. The molecule has 0 rings (SSSR count). The van der Waals surface area contributed by atoms with Gasteiger partial charge >= 0.3 is 18.0 Å². The zero-order chi connectivity index (χ0) is 15.4. The minimum atomic E-state index is -0.948. The van der Waals surface area contributed by atoms with Crippen molar-refractivity contribution in [3.05, 3.63) is 12.7 Å². The molecule has 0 aromatic heterocycles. The summed E-state index contributed by atoms with van der Waals surface area (Å²) >= 11 is 0. The molecule has 0 heterocycles. The third kappa shape index (κ3) is 8.12. The quantitative estimate of drug-likeness (QED) is 0.389. The van der Waals surface area contributed by atoms with Crippen molar-refractivity contribution in [3.8, 4) is 0 Å². The van der Waals surface area contributed by atoms with Gasteiger partial charge in [0.25, 0.3) is 0 Å². The van der Waals surface area contributed by atoms with E-state index in [4.69, 9.17) is 14.2 Å². The number of hydrogen-bond acceptors (Lipinski definition) is 6. The van der Waals surface area contributed by atoms with Gasteiger partial charge in [-0.3, -0.25) is 4.79 Å². The molecule has 0 aromatic rings. The van der Waals surface area contributed by atoms with Gasteiger partial charge in [-0.25, -0.2) is 9.59 Å². The zero-order valence-electron chi connectivity index (χ0n) is 11.8. The van der Waals surface area contributed by atoms with Gasteiger partial charge in [0.2, 0.25) is 0 Å². The number of hydrogen-bond donors (Lipinski definition) is 1. The topological polar surface area (TPSA) is 90.9 Å². The molecule has 0 saturated heterocycles. The number of rotatable bonds is 9. The monoisotopic (exact) mass is 287 g/mol. The van der Waals surface area contributed by atoms with Crippen LogP contribution in [0.3, 0.4) is 0 Å². The lowest BCUT2D eigenvalue weighted by Gasteiger charge is -2.16. The summed E-state index contributed by atoms with van der Waals surface area (Å²) in [5, 5.41) is 2.34. The molecule has 0 aromatic carbocycles. The van der Waals surface area contributed by atoms with Crippen LogP contribution < -0.4 is 5.32 Å². The Hall–Kier alpha value is -2.05. The van der Waals surface area contributed by atoms with Crippen LogP contribution in [0.5, 0.6) is 0 Å². The third-order valence-corrected chi connectivity index (χ3v) is 2.14. The number of carbonyl (C=O) groups is 3. The van der Waals surface area contributed by atoms with E-state index in [0.717, 1.165) is 0 Å². The van der Waals surface area contributed by atoms with Crippen molar-refractivity contribution in [1.29, 1.82) is 0 Å². The Morgan fingerprint density at radius 1 is 1.15 bits per heavy atom. The zero-order valence-corrected chi connectivity index (χ0v) is 11.8. The van der Waals surface area contributed by atoms with Gasteiger partial charge in [0, 0.05) is 6.42 Å². The Kier molecular flexibility index (Phi) is 9.72. The van der Waals surface area contributed by atoms with E-state index in [9.17, 15) is 14.4 Å². The first kappa shape index (κ1) is 17.9. The summed E-state index contributed by atoms with van der Waals surface area (Å²) < 4.78 is 14.3. The maximum absolute atomic E-state index is 11.7. The first-order valence-corrected chi connectivity index (χ1v) is 6.41. The molecular weight excluding hydrogens is 266 g/mol. The maximum Gasteiger partial charge on any atom is 0.408 e. The average molecular weight is 287 g/mol. The minimum Gasteiger partial charge on any atom is -0.466 e. The Morgan fingerprint density at radius 2 is 1.80 bits per heavy atom. The van der Waals surface area contributed by atoms with Crippen LogP contribution >= 0.6 is 0 Å². The second-order valence-electron chi connectivity index (χ2n) is 3.68. The molecule has 0 aliphatic heterocycles. The summed E-state index contributed by atoms with van der Waals surface area (Å²) in [6, 6.07) is -0.948. The molecule has 114 valence electrons. The second kappa shape index (κ2) is 10.8. The van der Waals surface area contributed by atoms with E-state index in [1.165, 1.54) is 6.08 Å². The summed E-state index contributed by atoms with van der Waals surface area (Å²) in [6.07, 6.45) is 0.712. The Balaban J connectivity index is 4.40. The van der Waals surface area contributed by atoms with Crippen LogP contribution in [0.25, 0.3) is 0 Å². The summed E-state index contributed by atoms with van der Waals surface area (Å²) in [7, 11) is 0. The van der Waals surface area contributed by atoms with Crippen LogP contribution in [0.15, 0.2) is 12.7 Å². The molecule has 20 heavy (non-hydrogen) atoms. The molecule has 0 aliphatic rings. The maximum atomic E-state index is 11.7. The van der Waals surface area contributed by atoms with Gasteiger partial charge in [0.1, 0.15) is 12.6 Å². The minimum absolute atomic E-state index is 0.000933. The van der Waals surface area contributed by atoms with Crippen molar-refractivity contribution < 1.29 is 28.6 Å². The number of nitrogens with one attached hydrogen (secondary N) is 1. The van der Waals surface area contributed by atoms with Gasteiger partial charge in [0.05, 0.1) is 13.2 Å². The highest BCUT2D eigenvalue weighted by molar-refractivity contribution is 5.82. The van der Waals surface area contributed by atoms with E-state index in [0.29, 0.717) is 0 Å². The van der Waals surface area contributed by atoms with Crippen LogP contribution in [0, 0.1) is 0 Å². The van der Waals surface area contributed by atoms with Crippen molar-refractivity contribution in [3.63, 3.8) is 0 Å². The predicted octanol–water partition coefficient (Wildman–Crippen LogP) is 1.17. The first-order chi connectivity index (χ1) is 9.54. The van der Waals surface area contributed by atoms with Gasteiger partial charge in [-0.2, -0.15) is 0 Å². The highest BCUT2D eigenvalue weighted by atomic mass is 16.6. The van der Waals surface area contributed by atoms with Crippen molar-refractivity contribution >= 4 is 18.0 Å². The van der Waals surface area contributed by atoms with Crippen molar-refractivity contribution in [2.45, 2.75) is 32.7 Å². The molecule has 1 atom stereocenters. The van der Waals surface area contributed by atoms with Gasteiger partial charge in [-0.15, -0.1) is 0 Å². The molecule has 0 aliphatic carbocycles. The number of alkyl carbamates (subject to hydrolysis) is 1. The number of carbonyl (C=O) groups excluding carboxylic acids is 3. The molecule has 0 radical (unpaired) electrons. The standard InChI is InChI=1S/C13H21NO6/c1-4-9-20-13(17)14-10(12(16)19-6-3)7-8-11(15)18-5-2/h4,10H,1,5-9H2,2-3H3,(H,14,17)/t10-/m1/s1. The molecule has 1 amide bonds. The smallest absolute Gasteiger partial charge is 0.408 e. The molecule has 0 saturated carbocycles. The van der Waals surface area contributed by atoms with Crippen molar-refractivity contribution in [1.82, 2.24) is 5.32 Å². The van der Waals surface area contributed by atoms with E-state index in [2.05, 4.69) is 11.9 Å². The van der Waals surface area contributed by atoms with E-state index in [1.807, 2.05) is 0 Å². The van der Waals surface area contributed by atoms with Gasteiger partial charge in [-0.1, -0.05) is 12.7 Å². The summed E-state index contributed by atoms with van der Waals surface area (Å²) in [5.74, 6) is -1.06. The fourth-order valence-corrected chi connectivity index (χ4v) is 1.31. The Labute approximate surface area is 118 Å². The molecule has 0 unspecified atom stereocenters. The molecule has 0 spiro atoms. The summed E-state index contributed by atoms with van der Waals surface area (Å²) in [6.45, 7) is 7.20. The van der Waals surface area contributed by atoms with Crippen LogP contribution in [-0.2, 0) is 23.8 Å². The third-order valence-electron chi connectivity index (χ3n) is 2.14.